The summed E-state index contributed by atoms with van der Waals surface area (Å²) in [5.41, 5.74) is 3.24. The van der Waals surface area contributed by atoms with Crippen molar-refractivity contribution in [1.82, 2.24) is 9.55 Å². The Kier molecular flexibility index (Phi) is 5.06. The molecule has 0 N–H and O–H groups in total. The Morgan fingerprint density at radius 1 is 0.815 bits per heavy atom. The molecule has 4 heteroatoms. The Balaban J connectivity index is 1.51. The van der Waals surface area contributed by atoms with Crippen molar-refractivity contribution in [2.45, 2.75) is 20.1 Å². The summed E-state index contributed by atoms with van der Waals surface area (Å²) in [5.74, 6) is 2.63. The fraction of sp³-hybridized carbons (Fsp3) is 0.174. The molecule has 4 aromatic rings. The van der Waals surface area contributed by atoms with Crippen molar-refractivity contribution < 1.29 is 9.47 Å². The van der Waals surface area contributed by atoms with Gasteiger partial charge in [0.25, 0.3) is 0 Å². The highest BCUT2D eigenvalue weighted by molar-refractivity contribution is 5.75. The van der Waals surface area contributed by atoms with Crippen molar-refractivity contribution in [3.63, 3.8) is 0 Å². The van der Waals surface area contributed by atoms with Crippen LogP contribution in [0.1, 0.15) is 11.4 Å². The molecule has 0 saturated carbocycles. The van der Waals surface area contributed by atoms with Gasteiger partial charge in [0.1, 0.15) is 30.5 Å². The predicted molar refractivity (Wildman–Crippen MR) is 107 cm³/mol. The van der Waals surface area contributed by atoms with E-state index in [2.05, 4.69) is 23.6 Å². The van der Waals surface area contributed by atoms with Gasteiger partial charge >= 0.3 is 0 Å². The van der Waals surface area contributed by atoms with E-state index in [0.717, 1.165) is 28.4 Å². The van der Waals surface area contributed by atoms with Crippen LogP contribution in [0.3, 0.4) is 0 Å². The fourth-order valence-electron chi connectivity index (χ4n) is 3.11. The maximum Gasteiger partial charge on any atom is 0.148 e. The molecular formula is C23H22N2O2. The van der Waals surface area contributed by atoms with Crippen molar-refractivity contribution in [2.75, 3.05) is 6.61 Å². The molecule has 1 heterocycles. The second kappa shape index (κ2) is 7.96. The minimum atomic E-state index is 0.420. The monoisotopic (exact) mass is 358 g/mol. The van der Waals surface area contributed by atoms with Crippen LogP contribution in [0.25, 0.3) is 11.0 Å². The SMILES string of the molecule is Cc1cccc(OCc2nc3ccccc3n2CCOc2ccccc2)c1. The quantitative estimate of drug-likeness (QED) is 0.466. The summed E-state index contributed by atoms with van der Waals surface area (Å²) in [7, 11) is 0. The van der Waals surface area contributed by atoms with Gasteiger partial charge in [-0.1, -0.05) is 42.5 Å². The van der Waals surface area contributed by atoms with Gasteiger partial charge in [-0.2, -0.15) is 0 Å². The predicted octanol–water partition coefficient (Wildman–Crippen LogP) is 5.00. The first-order valence-electron chi connectivity index (χ1n) is 9.11. The first-order chi connectivity index (χ1) is 13.3. The summed E-state index contributed by atoms with van der Waals surface area (Å²) in [6.07, 6.45) is 0. The van der Waals surface area contributed by atoms with E-state index in [9.17, 15) is 0 Å². The van der Waals surface area contributed by atoms with Crippen molar-refractivity contribution >= 4 is 11.0 Å². The van der Waals surface area contributed by atoms with Gasteiger partial charge < -0.3 is 14.0 Å². The van der Waals surface area contributed by atoms with Crippen LogP contribution in [0.15, 0.2) is 78.9 Å². The Labute approximate surface area is 159 Å². The molecule has 0 radical (unpaired) electrons. The highest BCUT2D eigenvalue weighted by Gasteiger charge is 2.11. The topological polar surface area (TPSA) is 36.3 Å². The molecule has 4 rings (SSSR count). The summed E-state index contributed by atoms with van der Waals surface area (Å²) in [5, 5.41) is 0. The van der Waals surface area contributed by atoms with Gasteiger partial charge in [-0.3, -0.25) is 0 Å². The molecule has 0 aliphatic carbocycles. The van der Waals surface area contributed by atoms with Gasteiger partial charge in [-0.15, -0.1) is 0 Å². The maximum atomic E-state index is 5.98. The van der Waals surface area contributed by atoms with E-state index >= 15 is 0 Å². The van der Waals surface area contributed by atoms with Gasteiger partial charge in [0.2, 0.25) is 0 Å². The lowest BCUT2D eigenvalue weighted by Crippen LogP contribution is -2.13. The minimum absolute atomic E-state index is 0.420. The number of fused-ring (bicyclic) bond motifs is 1. The summed E-state index contributed by atoms with van der Waals surface area (Å²) < 4.78 is 14.0. The van der Waals surface area contributed by atoms with Crippen LogP contribution >= 0.6 is 0 Å². The van der Waals surface area contributed by atoms with E-state index in [0.29, 0.717) is 19.8 Å². The molecule has 0 saturated heterocycles. The lowest BCUT2D eigenvalue weighted by atomic mass is 10.2. The molecule has 27 heavy (non-hydrogen) atoms. The molecule has 0 aliphatic heterocycles. The zero-order chi connectivity index (χ0) is 18.5. The Hall–Kier alpha value is -3.27. The average Bonchev–Trinajstić information content (AvgIpc) is 3.05. The number of aryl methyl sites for hydroxylation is 1. The van der Waals surface area contributed by atoms with E-state index in [4.69, 9.17) is 14.5 Å². The largest absolute Gasteiger partial charge is 0.492 e. The van der Waals surface area contributed by atoms with Gasteiger partial charge in [0.05, 0.1) is 17.6 Å². The van der Waals surface area contributed by atoms with Crippen LogP contribution in [-0.2, 0) is 13.2 Å². The molecule has 0 atom stereocenters. The van der Waals surface area contributed by atoms with Crippen molar-refractivity contribution in [3.05, 3.63) is 90.3 Å². The maximum absolute atomic E-state index is 5.98. The number of para-hydroxylation sites is 3. The zero-order valence-electron chi connectivity index (χ0n) is 15.3. The van der Waals surface area contributed by atoms with Crippen LogP contribution in [-0.4, -0.2) is 16.2 Å². The molecule has 0 fully saturated rings. The number of rotatable bonds is 7. The number of hydrogen-bond donors (Lipinski definition) is 0. The van der Waals surface area contributed by atoms with E-state index in [-0.39, 0.29) is 0 Å². The van der Waals surface area contributed by atoms with Gasteiger partial charge in [0, 0.05) is 0 Å². The summed E-state index contributed by atoms with van der Waals surface area (Å²) >= 11 is 0. The Bertz CT molecular complexity index is 1020. The highest BCUT2D eigenvalue weighted by Crippen LogP contribution is 2.19. The standard InChI is InChI=1S/C23H22N2O2/c1-18-8-7-11-20(16-18)27-17-23-24-21-12-5-6-13-22(21)25(23)14-15-26-19-9-3-2-4-10-19/h2-13,16H,14-15,17H2,1H3. The number of ether oxygens (including phenoxy) is 2. The van der Waals surface area contributed by atoms with E-state index in [1.165, 1.54) is 5.56 Å². The first-order valence-corrected chi connectivity index (χ1v) is 9.11. The smallest absolute Gasteiger partial charge is 0.148 e. The molecule has 0 spiro atoms. The van der Waals surface area contributed by atoms with Crippen LogP contribution in [0.5, 0.6) is 11.5 Å². The number of nitrogens with zero attached hydrogens (tertiary/aromatic N) is 2. The van der Waals surface area contributed by atoms with Gasteiger partial charge in [-0.05, 0) is 48.9 Å². The van der Waals surface area contributed by atoms with Crippen LogP contribution in [0.2, 0.25) is 0 Å². The third kappa shape index (κ3) is 4.11. The molecule has 0 unspecified atom stereocenters. The van der Waals surface area contributed by atoms with Gasteiger partial charge in [-0.25, -0.2) is 4.98 Å². The molecule has 0 aliphatic rings. The molecule has 136 valence electrons. The van der Waals surface area contributed by atoms with E-state index < -0.39 is 0 Å². The fourth-order valence-corrected chi connectivity index (χ4v) is 3.11. The number of imidazole rings is 1. The summed E-state index contributed by atoms with van der Waals surface area (Å²) in [4.78, 5) is 4.76. The molecule has 4 nitrogen and oxygen atoms in total. The average molecular weight is 358 g/mol. The van der Waals surface area contributed by atoms with Crippen LogP contribution < -0.4 is 9.47 Å². The van der Waals surface area contributed by atoms with Crippen molar-refractivity contribution in [3.8, 4) is 11.5 Å². The number of aromatic nitrogens is 2. The van der Waals surface area contributed by atoms with Crippen molar-refractivity contribution in [2.24, 2.45) is 0 Å². The number of benzene rings is 3. The minimum Gasteiger partial charge on any atom is -0.492 e. The second-order valence-corrected chi connectivity index (χ2v) is 6.44. The Morgan fingerprint density at radius 3 is 2.44 bits per heavy atom. The van der Waals surface area contributed by atoms with Crippen LogP contribution in [0, 0.1) is 6.92 Å². The second-order valence-electron chi connectivity index (χ2n) is 6.44. The third-order valence-corrected chi connectivity index (χ3v) is 4.42. The third-order valence-electron chi connectivity index (χ3n) is 4.42. The molecule has 1 aromatic heterocycles. The summed E-state index contributed by atoms with van der Waals surface area (Å²) in [6.45, 7) is 3.76. The molecule has 3 aromatic carbocycles. The van der Waals surface area contributed by atoms with Gasteiger partial charge in [0.15, 0.2) is 0 Å². The van der Waals surface area contributed by atoms with E-state index in [1.54, 1.807) is 0 Å². The highest BCUT2D eigenvalue weighted by atomic mass is 16.5. The molecular weight excluding hydrogens is 336 g/mol. The van der Waals surface area contributed by atoms with Crippen LogP contribution in [0.4, 0.5) is 0 Å². The summed E-state index contributed by atoms with van der Waals surface area (Å²) in [6, 6.07) is 26.1. The normalized spacial score (nSPS) is 10.9. The molecule has 0 amide bonds. The van der Waals surface area contributed by atoms with Crippen molar-refractivity contribution in [1.29, 1.82) is 0 Å². The lowest BCUT2D eigenvalue weighted by molar-refractivity contribution is 0.272. The number of hydrogen-bond acceptors (Lipinski definition) is 3. The lowest BCUT2D eigenvalue weighted by Gasteiger charge is -2.12. The zero-order valence-corrected chi connectivity index (χ0v) is 15.3. The molecule has 0 bridgehead atoms. The Morgan fingerprint density at radius 2 is 1.59 bits per heavy atom. The first kappa shape index (κ1) is 17.2. The van der Waals surface area contributed by atoms with E-state index in [1.807, 2.05) is 66.7 Å².